The number of carbonyl (C=O) groups is 1. The van der Waals surface area contributed by atoms with Crippen LogP contribution < -0.4 is 4.74 Å². The maximum absolute atomic E-state index is 12.1. The van der Waals surface area contributed by atoms with E-state index in [1.54, 1.807) is 4.90 Å². The van der Waals surface area contributed by atoms with Crippen molar-refractivity contribution in [3.63, 3.8) is 0 Å². The highest BCUT2D eigenvalue weighted by Crippen LogP contribution is 2.19. The van der Waals surface area contributed by atoms with Crippen molar-refractivity contribution in [2.24, 2.45) is 5.92 Å². The van der Waals surface area contributed by atoms with Crippen LogP contribution in [0.1, 0.15) is 30.9 Å². The van der Waals surface area contributed by atoms with Gasteiger partial charge in [0.1, 0.15) is 5.75 Å². The summed E-state index contributed by atoms with van der Waals surface area (Å²) in [5, 5.41) is 9.83. The van der Waals surface area contributed by atoms with Crippen molar-refractivity contribution >= 4 is 5.91 Å². The number of aliphatic hydroxyl groups excluding tert-OH is 1. The molecule has 0 spiro atoms. The Labute approximate surface area is 126 Å². The molecule has 1 aliphatic rings. The summed E-state index contributed by atoms with van der Waals surface area (Å²) in [6.07, 6.45) is 0.822. The number of likely N-dealkylation sites (tertiary alicyclic amines) is 1. The number of ether oxygens (including phenoxy) is 1. The third-order valence-electron chi connectivity index (χ3n) is 4.33. The fourth-order valence-electron chi connectivity index (χ4n) is 2.49. The molecule has 0 aromatic heterocycles. The van der Waals surface area contributed by atoms with Crippen molar-refractivity contribution in [3.8, 4) is 5.75 Å². The molecule has 1 amide bonds. The van der Waals surface area contributed by atoms with Gasteiger partial charge in [0, 0.05) is 13.1 Å². The molecular formula is C17H25NO3. The minimum Gasteiger partial charge on any atom is -0.493 e. The molecule has 0 aliphatic carbocycles. The van der Waals surface area contributed by atoms with Gasteiger partial charge < -0.3 is 14.7 Å². The molecule has 1 fully saturated rings. The average Bonchev–Trinajstić information content (AvgIpc) is 2.45. The van der Waals surface area contributed by atoms with Crippen molar-refractivity contribution < 1.29 is 14.6 Å². The zero-order chi connectivity index (χ0) is 15.4. The standard InChI is InChI=1S/C17H25NO3/c1-12-4-5-15(10-14(12)3)21-9-7-17(20)18-8-6-13(2)16(19)11-18/h4-5,10,13,16,19H,6-9,11H2,1-3H3. The number of β-amino-alcohol motifs (C(OH)–C–C–N with tert-alkyl or cyclic N) is 1. The van der Waals surface area contributed by atoms with Gasteiger partial charge in [-0.15, -0.1) is 0 Å². The Morgan fingerprint density at radius 3 is 2.81 bits per heavy atom. The van der Waals surface area contributed by atoms with Crippen molar-refractivity contribution in [3.05, 3.63) is 29.3 Å². The summed E-state index contributed by atoms with van der Waals surface area (Å²) < 4.78 is 5.64. The number of aryl methyl sites for hydroxylation is 2. The van der Waals surface area contributed by atoms with E-state index in [-0.39, 0.29) is 11.8 Å². The van der Waals surface area contributed by atoms with Crippen LogP contribution in [0.5, 0.6) is 5.75 Å². The van der Waals surface area contributed by atoms with Crippen molar-refractivity contribution in [1.29, 1.82) is 0 Å². The summed E-state index contributed by atoms with van der Waals surface area (Å²) in [5.41, 5.74) is 2.42. The van der Waals surface area contributed by atoms with E-state index in [0.717, 1.165) is 18.7 Å². The van der Waals surface area contributed by atoms with Gasteiger partial charge in [-0.3, -0.25) is 4.79 Å². The van der Waals surface area contributed by atoms with E-state index in [1.165, 1.54) is 11.1 Å². The fourth-order valence-corrected chi connectivity index (χ4v) is 2.49. The Morgan fingerprint density at radius 2 is 2.14 bits per heavy atom. The van der Waals surface area contributed by atoms with Crippen molar-refractivity contribution in [2.45, 2.75) is 39.7 Å². The van der Waals surface area contributed by atoms with Crippen LogP contribution in [0, 0.1) is 19.8 Å². The number of benzene rings is 1. The number of amides is 1. The van der Waals surface area contributed by atoms with Crippen LogP contribution >= 0.6 is 0 Å². The molecule has 1 aromatic rings. The zero-order valence-electron chi connectivity index (χ0n) is 13.1. The maximum atomic E-state index is 12.1. The number of piperidine rings is 1. The van der Waals surface area contributed by atoms with Crippen LogP contribution in [0.2, 0.25) is 0 Å². The molecule has 2 unspecified atom stereocenters. The first-order valence-electron chi connectivity index (χ1n) is 7.63. The second-order valence-corrected chi connectivity index (χ2v) is 6.02. The van der Waals surface area contributed by atoms with Crippen LogP contribution in [0.3, 0.4) is 0 Å². The lowest BCUT2D eigenvalue weighted by Crippen LogP contribution is -2.46. The molecule has 0 bridgehead atoms. The molecular weight excluding hydrogens is 266 g/mol. The predicted molar refractivity (Wildman–Crippen MR) is 82.4 cm³/mol. The van der Waals surface area contributed by atoms with Crippen LogP contribution in [0.4, 0.5) is 0 Å². The van der Waals surface area contributed by atoms with Gasteiger partial charge in [-0.25, -0.2) is 0 Å². The second-order valence-electron chi connectivity index (χ2n) is 6.02. The predicted octanol–water partition coefficient (Wildman–Crippen LogP) is 2.30. The normalized spacial score (nSPS) is 22.2. The zero-order valence-corrected chi connectivity index (χ0v) is 13.1. The third-order valence-corrected chi connectivity index (χ3v) is 4.33. The van der Waals surface area contributed by atoms with Crippen LogP contribution in [0.25, 0.3) is 0 Å². The molecule has 4 nitrogen and oxygen atoms in total. The smallest absolute Gasteiger partial charge is 0.226 e. The molecule has 116 valence electrons. The van der Waals surface area contributed by atoms with E-state index in [2.05, 4.69) is 6.92 Å². The maximum Gasteiger partial charge on any atom is 0.226 e. The van der Waals surface area contributed by atoms with E-state index in [9.17, 15) is 9.90 Å². The number of aliphatic hydroxyl groups is 1. The van der Waals surface area contributed by atoms with Gasteiger partial charge in [0.2, 0.25) is 5.91 Å². The number of hydrogen-bond donors (Lipinski definition) is 1. The summed E-state index contributed by atoms with van der Waals surface area (Å²) in [7, 11) is 0. The third kappa shape index (κ3) is 4.21. The van der Waals surface area contributed by atoms with Crippen LogP contribution in [0.15, 0.2) is 18.2 Å². The number of carbonyl (C=O) groups excluding carboxylic acids is 1. The number of hydrogen-bond acceptors (Lipinski definition) is 3. The van der Waals surface area contributed by atoms with Gasteiger partial charge in [-0.2, -0.15) is 0 Å². The Bertz CT molecular complexity index is 501. The molecule has 21 heavy (non-hydrogen) atoms. The SMILES string of the molecule is Cc1ccc(OCCC(=O)N2CCC(C)C(O)C2)cc1C. The van der Waals surface area contributed by atoms with Crippen molar-refractivity contribution in [1.82, 2.24) is 4.90 Å². The minimum absolute atomic E-state index is 0.0600. The molecule has 1 saturated heterocycles. The lowest BCUT2D eigenvalue weighted by molar-refractivity contribution is -0.135. The Kier molecular flexibility index (Phi) is 5.23. The van der Waals surface area contributed by atoms with E-state index < -0.39 is 6.10 Å². The Morgan fingerprint density at radius 1 is 1.38 bits per heavy atom. The Balaban J connectivity index is 1.77. The van der Waals surface area contributed by atoms with E-state index in [4.69, 9.17) is 4.74 Å². The Hall–Kier alpha value is -1.55. The monoisotopic (exact) mass is 291 g/mol. The highest BCUT2D eigenvalue weighted by atomic mass is 16.5. The van der Waals surface area contributed by atoms with E-state index >= 15 is 0 Å². The van der Waals surface area contributed by atoms with Gasteiger partial charge in [-0.1, -0.05) is 13.0 Å². The molecule has 1 heterocycles. The van der Waals surface area contributed by atoms with Crippen molar-refractivity contribution in [2.75, 3.05) is 19.7 Å². The van der Waals surface area contributed by atoms with Gasteiger partial charge in [0.25, 0.3) is 0 Å². The largest absolute Gasteiger partial charge is 0.493 e. The van der Waals surface area contributed by atoms with E-state index in [1.807, 2.05) is 32.0 Å². The molecule has 0 radical (unpaired) electrons. The number of nitrogens with zero attached hydrogens (tertiary/aromatic N) is 1. The minimum atomic E-state index is -0.400. The fraction of sp³-hybridized carbons (Fsp3) is 0.588. The van der Waals surface area contributed by atoms with E-state index in [0.29, 0.717) is 19.6 Å². The quantitative estimate of drug-likeness (QED) is 0.926. The summed E-state index contributed by atoms with van der Waals surface area (Å²) in [6, 6.07) is 5.94. The molecule has 2 rings (SSSR count). The molecule has 4 heteroatoms. The average molecular weight is 291 g/mol. The summed E-state index contributed by atoms with van der Waals surface area (Å²) in [5.74, 6) is 1.14. The van der Waals surface area contributed by atoms with Crippen LogP contribution in [-0.2, 0) is 4.79 Å². The summed E-state index contributed by atoms with van der Waals surface area (Å²) >= 11 is 0. The highest BCUT2D eigenvalue weighted by molar-refractivity contribution is 5.76. The topological polar surface area (TPSA) is 49.8 Å². The first-order valence-corrected chi connectivity index (χ1v) is 7.63. The first kappa shape index (κ1) is 15.8. The van der Waals surface area contributed by atoms with Gasteiger partial charge >= 0.3 is 0 Å². The molecule has 1 aromatic carbocycles. The summed E-state index contributed by atoms with van der Waals surface area (Å²) in [6.45, 7) is 7.69. The second kappa shape index (κ2) is 6.94. The number of rotatable bonds is 4. The summed E-state index contributed by atoms with van der Waals surface area (Å²) in [4.78, 5) is 13.8. The van der Waals surface area contributed by atoms with Gasteiger partial charge in [0.15, 0.2) is 0 Å². The molecule has 1 aliphatic heterocycles. The first-order chi connectivity index (χ1) is 9.97. The van der Waals surface area contributed by atoms with Gasteiger partial charge in [-0.05, 0) is 49.4 Å². The molecule has 1 N–H and O–H groups in total. The lowest BCUT2D eigenvalue weighted by Gasteiger charge is -2.34. The molecule has 2 atom stereocenters. The molecule has 0 saturated carbocycles. The highest BCUT2D eigenvalue weighted by Gasteiger charge is 2.26. The lowest BCUT2D eigenvalue weighted by atomic mass is 9.96. The van der Waals surface area contributed by atoms with Crippen LogP contribution in [-0.4, -0.2) is 41.7 Å². The van der Waals surface area contributed by atoms with Gasteiger partial charge in [0.05, 0.1) is 19.1 Å².